The molecule has 5 heteroatoms. The van der Waals surface area contributed by atoms with E-state index in [1.54, 1.807) is 7.11 Å². The predicted octanol–water partition coefficient (Wildman–Crippen LogP) is 3.02. The minimum Gasteiger partial charge on any atom is -0.497 e. The summed E-state index contributed by atoms with van der Waals surface area (Å²) < 4.78 is 5.26. The molecule has 0 aromatic heterocycles. The highest BCUT2D eigenvalue weighted by Gasteiger charge is 2.38. The zero-order valence-electron chi connectivity index (χ0n) is 13.2. The van der Waals surface area contributed by atoms with Gasteiger partial charge in [-0.1, -0.05) is 18.6 Å². The normalized spacial score (nSPS) is 19.6. The summed E-state index contributed by atoms with van der Waals surface area (Å²) in [5.74, 6) is 1.91. The number of aliphatic imine (C=N–C) groups is 1. The molecule has 3 rings (SSSR count). The van der Waals surface area contributed by atoms with E-state index in [1.165, 1.54) is 37.7 Å². The monoisotopic (exact) mass is 367 g/mol. The van der Waals surface area contributed by atoms with Gasteiger partial charge in [-0.25, -0.2) is 0 Å². The van der Waals surface area contributed by atoms with Crippen LogP contribution in [0.3, 0.4) is 0 Å². The van der Waals surface area contributed by atoms with Crippen LogP contribution in [-0.4, -0.2) is 32.7 Å². The largest absolute Gasteiger partial charge is 0.497 e. The third kappa shape index (κ3) is 3.75. The van der Waals surface area contributed by atoms with Gasteiger partial charge in [-0.15, -0.1) is 17.0 Å². The van der Waals surface area contributed by atoms with Gasteiger partial charge in [0, 0.05) is 25.0 Å². The number of benzene rings is 1. The molecule has 0 unspecified atom stereocenters. The van der Waals surface area contributed by atoms with Crippen LogP contribution in [0.2, 0.25) is 0 Å². The van der Waals surface area contributed by atoms with Gasteiger partial charge >= 0.3 is 0 Å². The topological polar surface area (TPSA) is 45.6 Å². The maximum Gasteiger partial charge on any atom is 0.191 e. The minimum atomic E-state index is 0. The summed E-state index contributed by atoms with van der Waals surface area (Å²) in [7, 11) is 1.71. The highest BCUT2D eigenvalue weighted by atomic mass is 79.9. The van der Waals surface area contributed by atoms with Crippen molar-refractivity contribution in [3.8, 4) is 5.75 Å². The van der Waals surface area contributed by atoms with Crippen molar-refractivity contribution in [2.75, 3.05) is 26.7 Å². The first kappa shape index (κ1) is 17.1. The number of hydrogen-bond acceptors (Lipinski definition) is 4. The number of nitrogens with zero attached hydrogens (tertiary/aromatic N) is 1. The smallest absolute Gasteiger partial charge is 0.191 e. The van der Waals surface area contributed by atoms with Crippen LogP contribution in [0.5, 0.6) is 5.75 Å². The van der Waals surface area contributed by atoms with Gasteiger partial charge in [0.05, 0.1) is 7.11 Å². The Morgan fingerprint density at radius 3 is 2.59 bits per heavy atom. The Morgan fingerprint density at radius 1 is 1.18 bits per heavy atom. The molecule has 1 fully saturated rings. The van der Waals surface area contributed by atoms with E-state index >= 15 is 0 Å². The van der Waals surface area contributed by atoms with Crippen molar-refractivity contribution >= 4 is 22.9 Å². The molecular weight excluding hydrogens is 342 g/mol. The zero-order valence-corrected chi connectivity index (χ0v) is 14.9. The number of nitrogens with one attached hydrogen (secondary N) is 2. The van der Waals surface area contributed by atoms with Crippen LogP contribution in [0.25, 0.3) is 0 Å². The molecule has 0 amide bonds. The molecule has 1 aromatic rings. The predicted molar refractivity (Wildman–Crippen MR) is 96.4 cm³/mol. The molecule has 1 heterocycles. The fraction of sp³-hybridized carbons (Fsp3) is 0.588. The molecule has 0 radical (unpaired) electrons. The highest BCUT2D eigenvalue weighted by Crippen LogP contribution is 2.43. The molecule has 22 heavy (non-hydrogen) atoms. The summed E-state index contributed by atoms with van der Waals surface area (Å²) in [6.07, 6.45) is 6.20. The molecule has 1 aliphatic heterocycles. The van der Waals surface area contributed by atoms with Crippen molar-refractivity contribution in [2.45, 2.75) is 37.5 Å². The van der Waals surface area contributed by atoms with E-state index in [1.807, 2.05) is 0 Å². The van der Waals surface area contributed by atoms with Gasteiger partial charge in [-0.3, -0.25) is 4.99 Å². The first-order chi connectivity index (χ1) is 10.3. The Morgan fingerprint density at radius 2 is 1.95 bits per heavy atom. The summed E-state index contributed by atoms with van der Waals surface area (Å²) >= 11 is 0. The lowest BCUT2D eigenvalue weighted by atomic mass is 9.64. The molecule has 1 aromatic carbocycles. The van der Waals surface area contributed by atoms with Crippen LogP contribution < -0.4 is 15.4 Å². The molecule has 1 aliphatic carbocycles. The van der Waals surface area contributed by atoms with Crippen LogP contribution in [0.15, 0.2) is 29.3 Å². The maximum atomic E-state index is 5.26. The van der Waals surface area contributed by atoms with Gasteiger partial charge in [0.15, 0.2) is 5.96 Å². The molecule has 0 bridgehead atoms. The third-order valence-electron chi connectivity index (χ3n) is 4.75. The molecule has 1 saturated carbocycles. The van der Waals surface area contributed by atoms with E-state index in [0.717, 1.165) is 31.3 Å². The number of hydrogen-bond donors (Lipinski definition) is 2. The van der Waals surface area contributed by atoms with E-state index in [-0.39, 0.29) is 22.4 Å². The Balaban J connectivity index is 0.00000176. The summed E-state index contributed by atoms with van der Waals surface area (Å²) in [5, 5.41) is 6.93. The van der Waals surface area contributed by atoms with Crippen LogP contribution in [0.1, 0.15) is 37.7 Å². The Labute approximate surface area is 143 Å². The van der Waals surface area contributed by atoms with Crippen molar-refractivity contribution in [3.63, 3.8) is 0 Å². The van der Waals surface area contributed by atoms with E-state index in [0.29, 0.717) is 0 Å². The molecule has 0 spiro atoms. The highest BCUT2D eigenvalue weighted by molar-refractivity contribution is 8.93. The molecule has 0 atom stereocenters. The molecule has 2 aliphatic rings. The SMILES string of the molecule is Br.COc1ccc(C2(CNC3=NCCCCN3)CCC2)cc1. The van der Waals surface area contributed by atoms with E-state index in [2.05, 4.69) is 39.9 Å². The van der Waals surface area contributed by atoms with E-state index < -0.39 is 0 Å². The molecule has 4 nitrogen and oxygen atoms in total. The van der Waals surface area contributed by atoms with Crippen LogP contribution in [-0.2, 0) is 5.41 Å². The van der Waals surface area contributed by atoms with Gasteiger partial charge in [-0.05, 0) is 43.4 Å². The van der Waals surface area contributed by atoms with Crippen LogP contribution >= 0.6 is 17.0 Å². The van der Waals surface area contributed by atoms with Gasteiger partial charge in [-0.2, -0.15) is 0 Å². The van der Waals surface area contributed by atoms with Crippen LogP contribution in [0, 0.1) is 0 Å². The number of guanidine groups is 1. The average Bonchev–Trinajstić information content (AvgIpc) is 2.75. The van der Waals surface area contributed by atoms with Crippen molar-refractivity contribution in [1.82, 2.24) is 10.6 Å². The van der Waals surface area contributed by atoms with Crippen molar-refractivity contribution in [2.24, 2.45) is 4.99 Å². The van der Waals surface area contributed by atoms with Crippen molar-refractivity contribution in [1.29, 1.82) is 0 Å². The molecule has 0 saturated heterocycles. The van der Waals surface area contributed by atoms with E-state index in [4.69, 9.17) is 4.74 Å². The Hall–Kier alpha value is -1.23. The minimum absolute atomic E-state index is 0. The third-order valence-corrected chi connectivity index (χ3v) is 4.75. The second-order valence-electron chi connectivity index (χ2n) is 6.08. The molecular formula is C17H26BrN3O. The van der Waals surface area contributed by atoms with Gasteiger partial charge < -0.3 is 15.4 Å². The van der Waals surface area contributed by atoms with E-state index in [9.17, 15) is 0 Å². The average molecular weight is 368 g/mol. The molecule has 122 valence electrons. The summed E-state index contributed by atoms with van der Waals surface area (Å²) in [5.41, 5.74) is 1.68. The number of rotatable bonds is 4. The maximum absolute atomic E-state index is 5.26. The number of ether oxygens (including phenoxy) is 1. The standard InChI is InChI=1S/C17H25N3O.BrH/c1-21-15-7-5-14(6-8-15)17(9-4-10-17)13-20-16-18-11-2-3-12-19-16;/h5-8H,2-4,9-13H2,1H3,(H2,18,19,20);1H. The van der Waals surface area contributed by atoms with Gasteiger partial charge in [0.25, 0.3) is 0 Å². The number of halogens is 1. The van der Waals surface area contributed by atoms with Crippen molar-refractivity contribution < 1.29 is 4.74 Å². The Bertz CT molecular complexity index is 497. The van der Waals surface area contributed by atoms with Crippen LogP contribution in [0.4, 0.5) is 0 Å². The quantitative estimate of drug-likeness (QED) is 0.859. The fourth-order valence-corrected chi connectivity index (χ4v) is 3.18. The second-order valence-corrected chi connectivity index (χ2v) is 6.08. The summed E-state index contributed by atoms with van der Waals surface area (Å²) in [6, 6.07) is 8.55. The van der Waals surface area contributed by atoms with Gasteiger partial charge in [0.2, 0.25) is 0 Å². The van der Waals surface area contributed by atoms with Gasteiger partial charge in [0.1, 0.15) is 5.75 Å². The zero-order chi connectivity index (χ0) is 14.5. The number of methoxy groups -OCH3 is 1. The van der Waals surface area contributed by atoms with Crippen molar-refractivity contribution in [3.05, 3.63) is 29.8 Å². The lowest BCUT2D eigenvalue weighted by molar-refractivity contribution is 0.243. The Kier molecular flexibility index (Phi) is 6.12. The lowest BCUT2D eigenvalue weighted by Crippen LogP contribution is -2.48. The summed E-state index contributed by atoms with van der Waals surface area (Å²) in [4.78, 5) is 4.58. The summed E-state index contributed by atoms with van der Waals surface area (Å²) in [6.45, 7) is 2.93. The fourth-order valence-electron chi connectivity index (χ4n) is 3.18. The molecule has 2 N–H and O–H groups in total. The first-order valence-corrected chi connectivity index (χ1v) is 7.99. The lowest BCUT2D eigenvalue weighted by Gasteiger charge is -2.43. The first-order valence-electron chi connectivity index (χ1n) is 7.99. The second kappa shape index (κ2) is 7.86.